The van der Waals surface area contributed by atoms with E-state index in [0.29, 0.717) is 11.7 Å². The van der Waals surface area contributed by atoms with Crippen molar-refractivity contribution in [2.45, 2.75) is 45.6 Å². The number of hydrogen-bond acceptors (Lipinski definition) is 5. The zero-order valence-electron chi connectivity index (χ0n) is 15.1. The second-order valence-corrected chi connectivity index (χ2v) is 6.95. The molecule has 1 aromatic carbocycles. The van der Waals surface area contributed by atoms with Crippen molar-refractivity contribution in [2.75, 3.05) is 6.61 Å². The number of hydrogen-bond donors (Lipinski definition) is 2. The third kappa shape index (κ3) is 5.15. The monoisotopic (exact) mass is 356 g/mol. The Kier molecular flexibility index (Phi) is 5.65. The topological polar surface area (TPSA) is 97.0 Å². The number of ether oxygens (including phenoxy) is 1. The van der Waals surface area contributed by atoms with Crippen LogP contribution < -0.4 is 15.6 Å². The molecule has 26 heavy (non-hydrogen) atoms. The minimum atomic E-state index is -0.323. The van der Waals surface area contributed by atoms with Gasteiger partial charge in [0, 0.05) is 24.4 Å². The molecule has 2 N–H and O–H groups in total. The summed E-state index contributed by atoms with van der Waals surface area (Å²) in [6.07, 6.45) is 2.93. The summed E-state index contributed by atoms with van der Waals surface area (Å²) in [7, 11) is 0. The number of H-pyrrole nitrogens is 1. The van der Waals surface area contributed by atoms with Crippen molar-refractivity contribution >= 4 is 5.91 Å². The fraction of sp³-hybridized carbons (Fsp3) is 0.474. The molecule has 1 aliphatic rings. The van der Waals surface area contributed by atoms with Crippen molar-refractivity contribution in [3.63, 3.8) is 0 Å². The highest BCUT2D eigenvalue weighted by atomic mass is 16.5. The Bertz CT molecular complexity index is 828. The van der Waals surface area contributed by atoms with Crippen molar-refractivity contribution in [1.29, 1.82) is 0 Å². The summed E-state index contributed by atoms with van der Waals surface area (Å²) >= 11 is 0. The van der Waals surface area contributed by atoms with E-state index < -0.39 is 0 Å². The summed E-state index contributed by atoms with van der Waals surface area (Å²) in [5.41, 5.74) is 0.678. The van der Waals surface area contributed by atoms with E-state index in [1.807, 2.05) is 38.1 Å². The Hall–Kier alpha value is -2.70. The van der Waals surface area contributed by atoms with Crippen molar-refractivity contribution in [2.24, 2.45) is 5.92 Å². The van der Waals surface area contributed by atoms with Crippen molar-refractivity contribution < 1.29 is 9.53 Å². The SMILES string of the molecule is CC(C)NC(=O)CCc1nnc(-c2cccc(OCC3CC3)c2)[nH]c1=O. The Morgan fingerprint density at radius 1 is 1.35 bits per heavy atom. The molecule has 3 rings (SSSR count). The second kappa shape index (κ2) is 8.12. The fourth-order valence-electron chi connectivity index (χ4n) is 2.51. The molecule has 0 saturated heterocycles. The number of carbonyl (C=O) groups is 1. The summed E-state index contributed by atoms with van der Waals surface area (Å²) < 4.78 is 5.76. The Morgan fingerprint density at radius 3 is 2.85 bits per heavy atom. The molecule has 0 unspecified atom stereocenters. The fourth-order valence-corrected chi connectivity index (χ4v) is 2.51. The summed E-state index contributed by atoms with van der Waals surface area (Å²) in [4.78, 5) is 26.7. The Balaban J connectivity index is 1.66. The number of aryl methyl sites for hydroxylation is 1. The summed E-state index contributed by atoms with van der Waals surface area (Å²) in [5, 5.41) is 10.9. The smallest absolute Gasteiger partial charge is 0.273 e. The highest BCUT2D eigenvalue weighted by molar-refractivity contribution is 5.76. The first-order valence-electron chi connectivity index (χ1n) is 8.99. The van der Waals surface area contributed by atoms with Crippen molar-refractivity contribution in [3.8, 4) is 17.1 Å². The van der Waals surface area contributed by atoms with Crippen LogP contribution in [0.25, 0.3) is 11.4 Å². The molecule has 0 atom stereocenters. The van der Waals surface area contributed by atoms with Crippen LogP contribution in [-0.2, 0) is 11.2 Å². The lowest BCUT2D eigenvalue weighted by molar-refractivity contribution is -0.121. The number of benzene rings is 1. The first-order chi connectivity index (χ1) is 12.5. The van der Waals surface area contributed by atoms with Gasteiger partial charge in [0.05, 0.1) is 6.61 Å². The number of carbonyl (C=O) groups excluding carboxylic acids is 1. The van der Waals surface area contributed by atoms with Gasteiger partial charge in [0.1, 0.15) is 11.4 Å². The van der Waals surface area contributed by atoms with Gasteiger partial charge in [-0.15, -0.1) is 10.2 Å². The van der Waals surface area contributed by atoms with Gasteiger partial charge in [-0.1, -0.05) is 12.1 Å². The van der Waals surface area contributed by atoms with E-state index in [0.717, 1.165) is 17.9 Å². The minimum Gasteiger partial charge on any atom is -0.493 e. The van der Waals surface area contributed by atoms with Crippen LogP contribution in [0.4, 0.5) is 0 Å². The van der Waals surface area contributed by atoms with E-state index >= 15 is 0 Å². The molecule has 1 heterocycles. The van der Waals surface area contributed by atoms with Crippen LogP contribution in [-0.4, -0.2) is 33.7 Å². The van der Waals surface area contributed by atoms with Gasteiger partial charge in [-0.05, 0) is 44.7 Å². The highest BCUT2D eigenvalue weighted by Gasteiger charge is 2.22. The molecule has 1 saturated carbocycles. The largest absolute Gasteiger partial charge is 0.493 e. The molecule has 0 aliphatic heterocycles. The minimum absolute atomic E-state index is 0.0728. The average Bonchev–Trinajstić information content (AvgIpc) is 3.43. The zero-order valence-corrected chi connectivity index (χ0v) is 15.1. The third-order valence-electron chi connectivity index (χ3n) is 4.09. The predicted molar refractivity (Wildman–Crippen MR) is 97.9 cm³/mol. The zero-order chi connectivity index (χ0) is 18.5. The van der Waals surface area contributed by atoms with Gasteiger partial charge >= 0.3 is 0 Å². The van der Waals surface area contributed by atoms with E-state index in [-0.39, 0.29) is 36.0 Å². The maximum absolute atomic E-state index is 12.2. The van der Waals surface area contributed by atoms with Gasteiger partial charge in [0.15, 0.2) is 5.82 Å². The third-order valence-corrected chi connectivity index (χ3v) is 4.09. The van der Waals surface area contributed by atoms with Gasteiger partial charge < -0.3 is 15.0 Å². The second-order valence-electron chi connectivity index (χ2n) is 6.95. The van der Waals surface area contributed by atoms with Crippen LogP contribution in [0.15, 0.2) is 29.1 Å². The summed E-state index contributed by atoms with van der Waals surface area (Å²) in [6, 6.07) is 7.52. The molecule has 2 aromatic rings. The standard InChI is InChI=1S/C19H24N4O3/c1-12(2)20-17(24)9-8-16-19(25)21-18(23-22-16)14-4-3-5-15(10-14)26-11-13-6-7-13/h3-5,10,12-13H,6-9,11H2,1-2H3,(H,20,24)(H,21,23,25). The number of amides is 1. The predicted octanol–water partition coefficient (Wildman–Crippen LogP) is 2.08. The maximum Gasteiger partial charge on any atom is 0.273 e. The summed E-state index contributed by atoms with van der Waals surface area (Å²) in [5.74, 6) is 1.71. The average molecular weight is 356 g/mol. The van der Waals surface area contributed by atoms with Crippen molar-refractivity contribution in [3.05, 3.63) is 40.3 Å². The van der Waals surface area contributed by atoms with Gasteiger partial charge in [0.25, 0.3) is 5.56 Å². The molecule has 1 aliphatic carbocycles. The van der Waals surface area contributed by atoms with E-state index in [4.69, 9.17) is 4.74 Å². The first kappa shape index (κ1) is 18.1. The first-order valence-corrected chi connectivity index (χ1v) is 8.99. The number of aromatic nitrogens is 3. The lowest BCUT2D eigenvalue weighted by Gasteiger charge is -2.08. The maximum atomic E-state index is 12.2. The van der Waals surface area contributed by atoms with Gasteiger partial charge in [-0.2, -0.15) is 0 Å². The Morgan fingerprint density at radius 2 is 2.15 bits per heavy atom. The van der Waals surface area contributed by atoms with E-state index in [2.05, 4.69) is 20.5 Å². The quantitative estimate of drug-likeness (QED) is 0.755. The molecule has 138 valence electrons. The molecule has 1 fully saturated rings. The molecule has 1 aromatic heterocycles. The molecule has 0 radical (unpaired) electrons. The van der Waals surface area contributed by atoms with Crippen LogP contribution in [0.1, 0.15) is 38.8 Å². The summed E-state index contributed by atoms with van der Waals surface area (Å²) in [6.45, 7) is 4.51. The lowest BCUT2D eigenvalue weighted by atomic mass is 10.2. The Labute approximate surface area is 152 Å². The molecular formula is C19H24N4O3. The molecule has 7 heteroatoms. The van der Waals surface area contributed by atoms with Crippen LogP contribution in [0, 0.1) is 5.92 Å². The molecule has 7 nitrogen and oxygen atoms in total. The normalized spacial score (nSPS) is 13.7. The van der Waals surface area contributed by atoms with Gasteiger partial charge in [-0.25, -0.2) is 0 Å². The van der Waals surface area contributed by atoms with E-state index in [9.17, 15) is 9.59 Å². The van der Waals surface area contributed by atoms with Crippen molar-refractivity contribution in [1.82, 2.24) is 20.5 Å². The van der Waals surface area contributed by atoms with Gasteiger partial charge in [0.2, 0.25) is 5.91 Å². The van der Waals surface area contributed by atoms with E-state index in [1.165, 1.54) is 12.8 Å². The lowest BCUT2D eigenvalue weighted by Crippen LogP contribution is -2.31. The highest BCUT2D eigenvalue weighted by Crippen LogP contribution is 2.30. The molecule has 0 spiro atoms. The molecule has 1 amide bonds. The van der Waals surface area contributed by atoms with Crippen LogP contribution in [0.2, 0.25) is 0 Å². The number of nitrogens with one attached hydrogen (secondary N) is 2. The van der Waals surface area contributed by atoms with Crippen LogP contribution in [0.5, 0.6) is 5.75 Å². The van der Waals surface area contributed by atoms with Gasteiger partial charge in [-0.3, -0.25) is 9.59 Å². The molecule has 0 bridgehead atoms. The number of rotatable bonds is 8. The van der Waals surface area contributed by atoms with Crippen LogP contribution >= 0.6 is 0 Å². The van der Waals surface area contributed by atoms with E-state index in [1.54, 1.807) is 0 Å². The van der Waals surface area contributed by atoms with Crippen LogP contribution in [0.3, 0.4) is 0 Å². The number of aromatic amines is 1. The number of nitrogens with zero attached hydrogens (tertiary/aromatic N) is 2. The molecular weight excluding hydrogens is 332 g/mol.